The van der Waals surface area contributed by atoms with E-state index in [2.05, 4.69) is 34.5 Å². The third-order valence-electron chi connectivity index (χ3n) is 4.73. The third-order valence-corrected chi connectivity index (χ3v) is 4.73. The molecule has 1 unspecified atom stereocenters. The number of likely N-dealkylation sites (tertiary alicyclic amines) is 1. The average Bonchev–Trinajstić information content (AvgIpc) is 3.22. The quantitative estimate of drug-likeness (QED) is 0.827. The normalized spacial score (nSPS) is 18.1. The van der Waals surface area contributed by atoms with Crippen molar-refractivity contribution in [2.75, 3.05) is 33.3 Å². The largest absolute Gasteiger partial charge is 0.497 e. The number of furan rings is 1. The van der Waals surface area contributed by atoms with Crippen LogP contribution in [0.3, 0.4) is 0 Å². The first-order valence-electron chi connectivity index (χ1n) is 9.08. The number of rotatable bonds is 7. The van der Waals surface area contributed by atoms with E-state index in [-0.39, 0.29) is 5.91 Å². The van der Waals surface area contributed by atoms with Gasteiger partial charge in [-0.15, -0.1) is 0 Å². The third kappa shape index (κ3) is 5.23. The molecule has 1 N–H and O–H groups in total. The lowest BCUT2D eigenvalue weighted by Gasteiger charge is -2.32. The second-order valence-corrected chi connectivity index (χ2v) is 6.67. The van der Waals surface area contributed by atoms with Gasteiger partial charge < -0.3 is 14.5 Å². The van der Waals surface area contributed by atoms with E-state index >= 15 is 0 Å². The van der Waals surface area contributed by atoms with Crippen LogP contribution in [0.5, 0.6) is 5.75 Å². The van der Waals surface area contributed by atoms with Crippen molar-refractivity contribution < 1.29 is 13.9 Å². The molecule has 2 aromatic rings. The standard InChI is InChI=1S/C21H26N2O3/c1-25-20-8-6-17(7-9-20)4-2-11-23-12-3-5-18(15-23)14-22-21(24)19-10-13-26-16-19/h2,4,6-10,13,16,18H,3,5,11-12,14-15H2,1H3,(H,22,24)/b4-2+. The first-order valence-corrected chi connectivity index (χ1v) is 9.08. The lowest BCUT2D eigenvalue weighted by molar-refractivity contribution is 0.0934. The number of benzene rings is 1. The lowest BCUT2D eigenvalue weighted by Crippen LogP contribution is -2.40. The molecule has 3 rings (SSSR count). The van der Waals surface area contributed by atoms with Crippen molar-refractivity contribution >= 4 is 12.0 Å². The first-order chi connectivity index (χ1) is 12.7. The average molecular weight is 354 g/mol. The van der Waals surface area contributed by atoms with Gasteiger partial charge in [-0.1, -0.05) is 24.3 Å². The summed E-state index contributed by atoms with van der Waals surface area (Å²) in [5.41, 5.74) is 1.76. The van der Waals surface area contributed by atoms with E-state index in [0.29, 0.717) is 18.0 Å². The molecular formula is C21H26N2O3. The van der Waals surface area contributed by atoms with E-state index in [9.17, 15) is 4.79 Å². The predicted octanol–water partition coefficient (Wildman–Crippen LogP) is 3.44. The molecular weight excluding hydrogens is 328 g/mol. The highest BCUT2D eigenvalue weighted by Crippen LogP contribution is 2.17. The van der Waals surface area contributed by atoms with Gasteiger partial charge in [-0.25, -0.2) is 0 Å². The second kappa shape index (κ2) is 9.25. The van der Waals surface area contributed by atoms with E-state index in [1.807, 2.05) is 12.1 Å². The highest BCUT2D eigenvalue weighted by Gasteiger charge is 2.20. The summed E-state index contributed by atoms with van der Waals surface area (Å²) >= 11 is 0. The van der Waals surface area contributed by atoms with E-state index in [4.69, 9.17) is 9.15 Å². The summed E-state index contributed by atoms with van der Waals surface area (Å²) in [5, 5.41) is 3.01. The fourth-order valence-electron chi connectivity index (χ4n) is 3.27. The van der Waals surface area contributed by atoms with Crippen LogP contribution < -0.4 is 10.1 Å². The highest BCUT2D eigenvalue weighted by molar-refractivity contribution is 5.93. The minimum Gasteiger partial charge on any atom is -0.497 e. The molecule has 1 amide bonds. The summed E-state index contributed by atoms with van der Waals surface area (Å²) in [6.07, 6.45) is 9.67. The van der Waals surface area contributed by atoms with E-state index in [1.54, 1.807) is 13.2 Å². The SMILES string of the molecule is COc1ccc(/C=C/CN2CCCC(CNC(=O)c3ccoc3)C2)cc1. The molecule has 0 aliphatic carbocycles. The van der Waals surface area contributed by atoms with E-state index < -0.39 is 0 Å². The highest BCUT2D eigenvalue weighted by atomic mass is 16.5. The number of methoxy groups -OCH3 is 1. The fourth-order valence-corrected chi connectivity index (χ4v) is 3.27. The van der Waals surface area contributed by atoms with Crippen LogP contribution in [-0.4, -0.2) is 44.1 Å². The molecule has 26 heavy (non-hydrogen) atoms. The van der Waals surface area contributed by atoms with Crippen LogP contribution in [-0.2, 0) is 0 Å². The zero-order chi connectivity index (χ0) is 18.2. The van der Waals surface area contributed by atoms with Gasteiger partial charge in [-0.3, -0.25) is 9.69 Å². The molecule has 1 fully saturated rings. The Morgan fingerprint density at radius 2 is 2.19 bits per heavy atom. The van der Waals surface area contributed by atoms with Gasteiger partial charge >= 0.3 is 0 Å². The number of carbonyl (C=O) groups is 1. The minimum atomic E-state index is -0.0599. The smallest absolute Gasteiger partial charge is 0.254 e. The summed E-state index contributed by atoms with van der Waals surface area (Å²) in [6.45, 7) is 3.76. The zero-order valence-electron chi connectivity index (χ0n) is 15.2. The van der Waals surface area contributed by atoms with Crippen LogP contribution >= 0.6 is 0 Å². The van der Waals surface area contributed by atoms with Gasteiger partial charge in [0.25, 0.3) is 5.91 Å². The van der Waals surface area contributed by atoms with E-state index in [0.717, 1.165) is 31.8 Å². The van der Waals surface area contributed by atoms with Gasteiger partial charge in [0, 0.05) is 19.6 Å². The van der Waals surface area contributed by atoms with Gasteiger partial charge in [0.15, 0.2) is 0 Å². The summed E-state index contributed by atoms with van der Waals surface area (Å²) in [5.74, 6) is 1.31. The molecule has 1 aromatic heterocycles. The Morgan fingerprint density at radius 3 is 2.92 bits per heavy atom. The Morgan fingerprint density at radius 1 is 1.35 bits per heavy atom. The number of carbonyl (C=O) groups excluding carboxylic acids is 1. The zero-order valence-corrected chi connectivity index (χ0v) is 15.2. The molecule has 1 aliphatic rings. The molecule has 5 heteroatoms. The molecule has 1 aliphatic heterocycles. The van der Waals surface area contributed by atoms with Crippen molar-refractivity contribution in [3.63, 3.8) is 0 Å². The van der Waals surface area contributed by atoms with Gasteiger partial charge in [0.05, 0.1) is 18.9 Å². The molecule has 138 valence electrons. The lowest BCUT2D eigenvalue weighted by atomic mass is 9.98. The van der Waals surface area contributed by atoms with Crippen LogP contribution in [0.1, 0.15) is 28.8 Å². The van der Waals surface area contributed by atoms with Crippen LogP contribution in [0.15, 0.2) is 53.4 Å². The van der Waals surface area contributed by atoms with Gasteiger partial charge in [-0.05, 0) is 49.1 Å². The molecule has 2 heterocycles. The van der Waals surface area contributed by atoms with Crippen LogP contribution in [0.25, 0.3) is 6.08 Å². The second-order valence-electron chi connectivity index (χ2n) is 6.67. The van der Waals surface area contributed by atoms with Crippen molar-refractivity contribution in [3.8, 4) is 5.75 Å². The van der Waals surface area contributed by atoms with Crippen molar-refractivity contribution in [2.24, 2.45) is 5.92 Å². The summed E-state index contributed by atoms with van der Waals surface area (Å²) < 4.78 is 10.1. The van der Waals surface area contributed by atoms with Crippen LogP contribution in [0, 0.1) is 5.92 Å². The van der Waals surface area contributed by atoms with Gasteiger partial charge in [0.2, 0.25) is 0 Å². The maximum atomic E-state index is 12.0. The predicted molar refractivity (Wildman–Crippen MR) is 102 cm³/mol. The van der Waals surface area contributed by atoms with Crippen molar-refractivity contribution in [3.05, 3.63) is 60.1 Å². The molecule has 5 nitrogen and oxygen atoms in total. The van der Waals surface area contributed by atoms with Gasteiger partial charge in [-0.2, -0.15) is 0 Å². The van der Waals surface area contributed by atoms with Crippen LogP contribution in [0.4, 0.5) is 0 Å². The molecule has 1 aromatic carbocycles. The Balaban J connectivity index is 1.42. The molecule has 0 radical (unpaired) electrons. The van der Waals surface area contributed by atoms with Crippen molar-refractivity contribution in [2.45, 2.75) is 12.8 Å². The number of amides is 1. The van der Waals surface area contributed by atoms with Crippen molar-refractivity contribution in [1.82, 2.24) is 10.2 Å². The number of hydrogen-bond acceptors (Lipinski definition) is 4. The Labute approximate surface area is 154 Å². The number of nitrogens with zero attached hydrogens (tertiary/aromatic N) is 1. The molecule has 0 spiro atoms. The summed E-state index contributed by atoms with van der Waals surface area (Å²) in [6, 6.07) is 9.74. The number of piperidine rings is 1. The molecule has 0 bridgehead atoms. The maximum Gasteiger partial charge on any atom is 0.254 e. The summed E-state index contributed by atoms with van der Waals surface area (Å²) in [4.78, 5) is 14.4. The Kier molecular flexibility index (Phi) is 6.50. The number of hydrogen-bond donors (Lipinski definition) is 1. The summed E-state index contributed by atoms with van der Waals surface area (Å²) in [7, 11) is 1.68. The molecule has 1 saturated heterocycles. The number of nitrogens with one attached hydrogen (secondary N) is 1. The minimum absolute atomic E-state index is 0.0599. The first kappa shape index (κ1) is 18.3. The molecule has 1 atom stereocenters. The van der Waals surface area contributed by atoms with Gasteiger partial charge in [0.1, 0.15) is 12.0 Å². The Hall–Kier alpha value is -2.53. The monoisotopic (exact) mass is 354 g/mol. The fraction of sp³-hybridized carbons (Fsp3) is 0.381. The number of ether oxygens (including phenoxy) is 1. The van der Waals surface area contributed by atoms with E-state index in [1.165, 1.54) is 24.5 Å². The van der Waals surface area contributed by atoms with Crippen molar-refractivity contribution in [1.29, 1.82) is 0 Å². The van der Waals surface area contributed by atoms with Crippen LogP contribution in [0.2, 0.25) is 0 Å². The Bertz CT molecular complexity index is 707. The topological polar surface area (TPSA) is 54.7 Å². The molecule has 0 saturated carbocycles. The maximum absolute atomic E-state index is 12.0.